The van der Waals surface area contributed by atoms with Gasteiger partial charge in [0.15, 0.2) is 17.3 Å². The standard InChI is InChI=1S/C19H18ClF2N3O4S/c1-10(2)19(26)29-16-15-18(24-7-6-23-15)25(9-14(21)22)30(27,28)17(16)12-5-4-11(3)8-13(12)20/h4-8,10,14H,9H2,1-3H3. The van der Waals surface area contributed by atoms with E-state index in [0.29, 0.717) is 4.31 Å². The maximum Gasteiger partial charge on any atom is 0.313 e. The van der Waals surface area contributed by atoms with E-state index in [9.17, 15) is 22.0 Å². The van der Waals surface area contributed by atoms with Crippen LogP contribution >= 0.6 is 11.6 Å². The van der Waals surface area contributed by atoms with Crippen LogP contribution in [0.5, 0.6) is 0 Å². The SMILES string of the molecule is Cc1ccc(C2=C(OC(=O)C(C)C)c3nccnc3N(CC(F)F)S2(=O)=O)c(Cl)c1. The van der Waals surface area contributed by atoms with Gasteiger partial charge in [-0.2, -0.15) is 0 Å². The molecule has 11 heteroatoms. The summed E-state index contributed by atoms with van der Waals surface area (Å²) in [5.41, 5.74) is 0.612. The Morgan fingerprint density at radius 1 is 1.23 bits per heavy atom. The highest BCUT2D eigenvalue weighted by Gasteiger charge is 2.43. The van der Waals surface area contributed by atoms with Crippen molar-refractivity contribution in [1.29, 1.82) is 0 Å². The molecule has 0 saturated carbocycles. The third-order valence-electron chi connectivity index (χ3n) is 4.23. The number of fused-ring (bicyclic) bond motifs is 1. The van der Waals surface area contributed by atoms with Gasteiger partial charge in [-0.05, 0) is 18.6 Å². The summed E-state index contributed by atoms with van der Waals surface area (Å²) in [6.07, 6.45) is -0.572. The number of carbonyl (C=O) groups is 1. The number of hydrogen-bond donors (Lipinski definition) is 0. The zero-order valence-electron chi connectivity index (χ0n) is 16.3. The first kappa shape index (κ1) is 22.1. The third kappa shape index (κ3) is 4.01. The van der Waals surface area contributed by atoms with Crippen LogP contribution in [0.1, 0.15) is 30.7 Å². The molecule has 0 amide bonds. The number of rotatable bonds is 5. The van der Waals surface area contributed by atoms with E-state index in [4.69, 9.17) is 16.3 Å². The lowest BCUT2D eigenvalue weighted by molar-refractivity contribution is -0.140. The van der Waals surface area contributed by atoms with Crippen molar-refractivity contribution in [1.82, 2.24) is 9.97 Å². The number of benzene rings is 1. The minimum Gasteiger partial charge on any atom is -0.422 e. The quantitative estimate of drug-likeness (QED) is 0.633. The van der Waals surface area contributed by atoms with Crippen LogP contribution in [0, 0.1) is 12.8 Å². The van der Waals surface area contributed by atoms with Gasteiger partial charge in [0.1, 0.15) is 4.91 Å². The summed E-state index contributed by atoms with van der Waals surface area (Å²) in [5.74, 6) is -2.06. The molecule has 1 aromatic carbocycles. The second kappa shape index (κ2) is 8.27. The highest BCUT2D eigenvalue weighted by atomic mass is 35.5. The number of anilines is 1. The van der Waals surface area contributed by atoms with Gasteiger partial charge in [-0.1, -0.05) is 37.6 Å². The molecule has 0 atom stereocenters. The van der Waals surface area contributed by atoms with Crippen molar-refractivity contribution in [3.8, 4) is 0 Å². The molecule has 0 radical (unpaired) electrons. The van der Waals surface area contributed by atoms with Gasteiger partial charge in [0.25, 0.3) is 16.4 Å². The van der Waals surface area contributed by atoms with Crippen LogP contribution in [-0.4, -0.2) is 37.3 Å². The van der Waals surface area contributed by atoms with Crippen molar-refractivity contribution in [2.75, 3.05) is 10.8 Å². The molecule has 0 fully saturated rings. The molecular formula is C19H18ClF2N3O4S. The fourth-order valence-corrected chi connectivity index (χ4v) is 4.92. The van der Waals surface area contributed by atoms with Gasteiger partial charge in [0.05, 0.1) is 12.5 Å². The number of aryl methyl sites for hydroxylation is 1. The van der Waals surface area contributed by atoms with Crippen LogP contribution in [0.4, 0.5) is 14.6 Å². The van der Waals surface area contributed by atoms with Crippen molar-refractivity contribution in [2.45, 2.75) is 27.2 Å². The Morgan fingerprint density at radius 3 is 2.50 bits per heavy atom. The van der Waals surface area contributed by atoms with Crippen molar-refractivity contribution in [3.63, 3.8) is 0 Å². The molecule has 30 heavy (non-hydrogen) atoms. The van der Waals surface area contributed by atoms with Gasteiger partial charge in [-0.25, -0.2) is 31.5 Å². The van der Waals surface area contributed by atoms with Gasteiger partial charge in [0.2, 0.25) is 0 Å². The molecule has 0 spiro atoms. The summed E-state index contributed by atoms with van der Waals surface area (Å²) < 4.78 is 59.2. The van der Waals surface area contributed by atoms with Gasteiger partial charge >= 0.3 is 5.97 Å². The Morgan fingerprint density at radius 2 is 1.90 bits per heavy atom. The highest BCUT2D eigenvalue weighted by molar-refractivity contribution is 8.02. The summed E-state index contributed by atoms with van der Waals surface area (Å²) in [6.45, 7) is 3.74. The van der Waals surface area contributed by atoms with E-state index in [1.54, 1.807) is 26.8 Å². The molecule has 0 unspecified atom stereocenters. The molecule has 2 aromatic rings. The van der Waals surface area contributed by atoms with Crippen molar-refractivity contribution in [3.05, 3.63) is 52.4 Å². The Balaban J connectivity index is 2.39. The van der Waals surface area contributed by atoms with Crippen LogP contribution in [0.3, 0.4) is 0 Å². The van der Waals surface area contributed by atoms with Crippen LogP contribution in [0.15, 0.2) is 30.6 Å². The molecular weight excluding hydrogens is 440 g/mol. The minimum absolute atomic E-state index is 0.00407. The summed E-state index contributed by atoms with van der Waals surface area (Å²) in [6, 6.07) is 4.55. The first-order valence-corrected chi connectivity index (χ1v) is 10.7. The van der Waals surface area contributed by atoms with E-state index in [1.807, 2.05) is 0 Å². The minimum atomic E-state index is -4.61. The van der Waals surface area contributed by atoms with Crippen LogP contribution in [0.2, 0.25) is 5.02 Å². The normalized spacial score (nSPS) is 15.5. The molecule has 1 aliphatic rings. The lowest BCUT2D eigenvalue weighted by atomic mass is 10.1. The topological polar surface area (TPSA) is 89.5 Å². The fraction of sp³-hybridized carbons (Fsp3) is 0.316. The van der Waals surface area contributed by atoms with Crippen molar-refractivity contribution < 1.29 is 26.7 Å². The summed E-state index contributed by atoms with van der Waals surface area (Å²) in [7, 11) is -4.61. The molecule has 0 saturated heterocycles. The molecule has 160 valence electrons. The zero-order valence-corrected chi connectivity index (χ0v) is 17.8. The monoisotopic (exact) mass is 457 g/mol. The van der Waals surface area contributed by atoms with Gasteiger partial charge in [0, 0.05) is 23.0 Å². The molecule has 1 aromatic heterocycles. The Bertz CT molecular complexity index is 1140. The number of esters is 1. The summed E-state index contributed by atoms with van der Waals surface area (Å²) in [4.78, 5) is 19.8. The largest absolute Gasteiger partial charge is 0.422 e. The smallest absolute Gasteiger partial charge is 0.313 e. The first-order chi connectivity index (χ1) is 14.0. The second-order valence-electron chi connectivity index (χ2n) is 6.87. The molecule has 2 heterocycles. The van der Waals surface area contributed by atoms with Crippen LogP contribution in [0.25, 0.3) is 10.7 Å². The molecule has 7 nitrogen and oxygen atoms in total. The maximum absolute atomic E-state index is 13.4. The van der Waals surface area contributed by atoms with Gasteiger partial charge in [-0.3, -0.25) is 4.79 Å². The third-order valence-corrected chi connectivity index (χ3v) is 6.37. The van der Waals surface area contributed by atoms with E-state index in [1.165, 1.54) is 24.5 Å². The maximum atomic E-state index is 13.4. The number of sulfonamides is 1. The second-order valence-corrected chi connectivity index (χ2v) is 9.08. The Hall–Kier alpha value is -2.59. The van der Waals surface area contributed by atoms with E-state index in [2.05, 4.69) is 9.97 Å². The highest BCUT2D eigenvalue weighted by Crippen LogP contribution is 2.44. The number of aromatic nitrogens is 2. The van der Waals surface area contributed by atoms with Crippen LogP contribution in [-0.2, 0) is 19.6 Å². The first-order valence-electron chi connectivity index (χ1n) is 8.88. The van der Waals surface area contributed by atoms with E-state index >= 15 is 0 Å². The van der Waals surface area contributed by atoms with E-state index in [0.717, 1.165) is 5.56 Å². The van der Waals surface area contributed by atoms with E-state index < -0.39 is 45.5 Å². The predicted octanol–water partition coefficient (Wildman–Crippen LogP) is 3.88. The number of halogens is 3. The number of nitrogens with zero attached hydrogens (tertiary/aromatic N) is 3. The molecule has 0 bridgehead atoms. The molecule has 3 rings (SSSR count). The molecule has 0 aliphatic carbocycles. The Labute approximate surface area is 177 Å². The van der Waals surface area contributed by atoms with Crippen molar-refractivity contribution in [2.24, 2.45) is 5.92 Å². The summed E-state index contributed by atoms with van der Waals surface area (Å²) >= 11 is 6.29. The van der Waals surface area contributed by atoms with Crippen molar-refractivity contribution >= 4 is 44.1 Å². The lowest BCUT2D eigenvalue weighted by Crippen LogP contribution is -2.40. The Kier molecular flexibility index (Phi) is 6.09. The molecule has 1 aliphatic heterocycles. The summed E-state index contributed by atoms with van der Waals surface area (Å²) in [5, 5.41) is 0.0519. The number of hydrogen-bond acceptors (Lipinski definition) is 6. The number of alkyl halides is 2. The fourth-order valence-electron chi connectivity index (χ4n) is 2.81. The predicted molar refractivity (Wildman–Crippen MR) is 108 cm³/mol. The van der Waals surface area contributed by atoms with E-state index in [-0.39, 0.29) is 22.1 Å². The molecule has 0 N–H and O–H groups in total. The zero-order chi connectivity index (χ0) is 22.2. The number of carbonyl (C=O) groups excluding carboxylic acids is 1. The van der Waals surface area contributed by atoms with Crippen LogP contribution < -0.4 is 4.31 Å². The lowest BCUT2D eigenvalue weighted by Gasteiger charge is -2.31. The van der Waals surface area contributed by atoms with Gasteiger partial charge in [-0.15, -0.1) is 0 Å². The average Bonchev–Trinajstić information content (AvgIpc) is 2.65. The average molecular weight is 458 g/mol. The number of ether oxygens (including phenoxy) is 1. The van der Waals surface area contributed by atoms with Gasteiger partial charge < -0.3 is 4.74 Å².